The summed E-state index contributed by atoms with van der Waals surface area (Å²) in [5, 5.41) is 12.1. The molecule has 0 spiro atoms. The molecular weight excluding hydrogens is 223 g/mol. The number of rotatable bonds is 3. The van der Waals surface area contributed by atoms with E-state index in [4.69, 9.17) is 5.11 Å². The second-order valence-corrected chi connectivity index (χ2v) is 4.75. The van der Waals surface area contributed by atoms with Crippen molar-refractivity contribution < 1.29 is 14.3 Å². The number of hydrogen-bond donors (Lipinski definition) is 2. The van der Waals surface area contributed by atoms with Gasteiger partial charge in [-0.05, 0) is 25.8 Å². The minimum Gasteiger partial charge on any atom is -0.478 e. The third-order valence-corrected chi connectivity index (χ3v) is 3.21. The largest absolute Gasteiger partial charge is 0.478 e. The Labute approximate surface area is 98.9 Å². The number of aromatic nitrogens is 1. The van der Waals surface area contributed by atoms with Gasteiger partial charge in [0.2, 0.25) is 0 Å². The summed E-state index contributed by atoms with van der Waals surface area (Å²) >= 11 is 0. The molecular formula is C12H15FN2O2. The van der Waals surface area contributed by atoms with E-state index in [1.54, 1.807) is 0 Å². The van der Waals surface area contributed by atoms with Crippen molar-refractivity contribution in [2.75, 3.05) is 5.32 Å². The molecule has 0 amide bonds. The molecule has 92 valence electrons. The molecule has 5 heteroatoms. The third-order valence-electron chi connectivity index (χ3n) is 3.21. The summed E-state index contributed by atoms with van der Waals surface area (Å²) in [6.45, 7) is 2.04. The molecule has 1 aromatic rings. The van der Waals surface area contributed by atoms with Crippen LogP contribution >= 0.6 is 0 Å². The number of hydrogen-bond acceptors (Lipinski definition) is 3. The van der Waals surface area contributed by atoms with E-state index in [0.29, 0.717) is 0 Å². The third kappa shape index (κ3) is 2.54. The lowest BCUT2D eigenvalue weighted by Crippen LogP contribution is -2.32. The van der Waals surface area contributed by atoms with Crippen molar-refractivity contribution in [3.63, 3.8) is 0 Å². The summed E-state index contributed by atoms with van der Waals surface area (Å²) < 4.78 is 13.0. The van der Waals surface area contributed by atoms with E-state index in [1.807, 2.05) is 6.92 Å². The Bertz CT molecular complexity index is 442. The number of anilines is 1. The standard InChI is InChI=1S/C12H15FN2O2/c1-12(4-2-3-5-12)15-10-9(11(16)17)6-8(13)7-14-10/h6-7H,2-5H2,1H3,(H,14,15)(H,16,17). The molecule has 0 radical (unpaired) electrons. The number of carboxylic acid groups (broad SMARTS) is 1. The van der Waals surface area contributed by atoms with E-state index in [-0.39, 0.29) is 16.9 Å². The SMILES string of the molecule is CC1(Nc2ncc(F)cc2C(=O)O)CCCC1. The summed E-state index contributed by atoms with van der Waals surface area (Å²) in [5.74, 6) is -1.55. The smallest absolute Gasteiger partial charge is 0.339 e. The van der Waals surface area contributed by atoms with Crippen LogP contribution in [0.5, 0.6) is 0 Å². The summed E-state index contributed by atoms with van der Waals surface area (Å²) in [4.78, 5) is 14.8. The summed E-state index contributed by atoms with van der Waals surface area (Å²) in [6.07, 6.45) is 5.23. The van der Waals surface area contributed by atoms with E-state index < -0.39 is 11.8 Å². The van der Waals surface area contributed by atoms with Crippen LogP contribution in [0.4, 0.5) is 10.2 Å². The van der Waals surface area contributed by atoms with Crippen LogP contribution in [0.1, 0.15) is 43.0 Å². The average Bonchev–Trinajstić information content (AvgIpc) is 2.67. The van der Waals surface area contributed by atoms with Crippen molar-refractivity contribution in [1.82, 2.24) is 4.98 Å². The Balaban J connectivity index is 2.28. The van der Waals surface area contributed by atoms with Gasteiger partial charge in [0, 0.05) is 5.54 Å². The number of carboxylic acids is 1. The van der Waals surface area contributed by atoms with Crippen LogP contribution in [0.3, 0.4) is 0 Å². The molecule has 4 nitrogen and oxygen atoms in total. The van der Waals surface area contributed by atoms with E-state index in [2.05, 4.69) is 10.3 Å². The summed E-state index contributed by atoms with van der Waals surface area (Å²) in [5.41, 5.74) is -0.243. The second-order valence-electron chi connectivity index (χ2n) is 4.75. The van der Waals surface area contributed by atoms with Crippen LogP contribution in [0, 0.1) is 5.82 Å². The maximum absolute atomic E-state index is 13.0. The van der Waals surface area contributed by atoms with E-state index >= 15 is 0 Å². The molecule has 0 bridgehead atoms. The first-order chi connectivity index (χ1) is 8.00. The highest BCUT2D eigenvalue weighted by Gasteiger charge is 2.30. The molecule has 1 fully saturated rings. The molecule has 2 rings (SSSR count). The Morgan fingerprint density at radius 3 is 2.76 bits per heavy atom. The van der Waals surface area contributed by atoms with Gasteiger partial charge in [0.15, 0.2) is 0 Å². The number of pyridine rings is 1. The molecule has 1 heterocycles. The lowest BCUT2D eigenvalue weighted by atomic mass is 10.0. The predicted molar refractivity (Wildman–Crippen MR) is 61.7 cm³/mol. The topological polar surface area (TPSA) is 62.2 Å². The highest BCUT2D eigenvalue weighted by Crippen LogP contribution is 2.32. The molecule has 17 heavy (non-hydrogen) atoms. The molecule has 0 aromatic carbocycles. The van der Waals surface area contributed by atoms with Gasteiger partial charge in [-0.2, -0.15) is 0 Å². The van der Waals surface area contributed by atoms with E-state index in [9.17, 15) is 9.18 Å². The van der Waals surface area contributed by atoms with E-state index in [1.165, 1.54) is 0 Å². The fourth-order valence-corrected chi connectivity index (χ4v) is 2.27. The van der Waals surface area contributed by atoms with Crippen LogP contribution in [0.2, 0.25) is 0 Å². The van der Waals surface area contributed by atoms with Crippen molar-refractivity contribution in [2.24, 2.45) is 0 Å². The van der Waals surface area contributed by atoms with Crippen LogP contribution in [0.25, 0.3) is 0 Å². The Morgan fingerprint density at radius 1 is 1.53 bits per heavy atom. The van der Waals surface area contributed by atoms with Crippen molar-refractivity contribution in [2.45, 2.75) is 38.1 Å². The first-order valence-corrected chi connectivity index (χ1v) is 5.67. The zero-order chi connectivity index (χ0) is 12.5. The summed E-state index contributed by atoms with van der Waals surface area (Å²) in [6, 6.07) is 0.996. The van der Waals surface area contributed by atoms with Crippen molar-refractivity contribution in [3.05, 3.63) is 23.6 Å². The van der Waals surface area contributed by atoms with Gasteiger partial charge in [0.1, 0.15) is 17.2 Å². The minimum atomic E-state index is -1.17. The molecule has 2 N–H and O–H groups in total. The van der Waals surface area contributed by atoms with Crippen LogP contribution < -0.4 is 5.32 Å². The molecule has 0 unspecified atom stereocenters. The highest BCUT2D eigenvalue weighted by molar-refractivity contribution is 5.93. The zero-order valence-electron chi connectivity index (χ0n) is 9.66. The number of halogens is 1. The van der Waals surface area contributed by atoms with Gasteiger partial charge in [-0.25, -0.2) is 14.2 Å². The lowest BCUT2D eigenvalue weighted by Gasteiger charge is -2.26. The van der Waals surface area contributed by atoms with Crippen molar-refractivity contribution in [1.29, 1.82) is 0 Å². The monoisotopic (exact) mass is 238 g/mol. The molecule has 0 saturated heterocycles. The van der Waals surface area contributed by atoms with Crippen LogP contribution in [0.15, 0.2) is 12.3 Å². The quantitative estimate of drug-likeness (QED) is 0.849. The molecule has 1 saturated carbocycles. The fourth-order valence-electron chi connectivity index (χ4n) is 2.27. The maximum Gasteiger partial charge on any atom is 0.339 e. The van der Waals surface area contributed by atoms with Gasteiger partial charge in [-0.1, -0.05) is 12.8 Å². The second kappa shape index (κ2) is 4.31. The van der Waals surface area contributed by atoms with Gasteiger partial charge >= 0.3 is 5.97 Å². The predicted octanol–water partition coefficient (Wildman–Crippen LogP) is 2.66. The maximum atomic E-state index is 13.0. The van der Waals surface area contributed by atoms with Crippen LogP contribution in [-0.4, -0.2) is 21.6 Å². The number of nitrogens with zero attached hydrogens (tertiary/aromatic N) is 1. The molecule has 1 aliphatic carbocycles. The normalized spacial score (nSPS) is 18.0. The van der Waals surface area contributed by atoms with Crippen molar-refractivity contribution in [3.8, 4) is 0 Å². The first kappa shape index (κ1) is 11.8. The minimum absolute atomic E-state index is 0.113. The molecule has 1 aromatic heterocycles. The van der Waals surface area contributed by atoms with Crippen molar-refractivity contribution >= 4 is 11.8 Å². The fraction of sp³-hybridized carbons (Fsp3) is 0.500. The Kier molecular flexibility index (Phi) is 3.00. The van der Waals surface area contributed by atoms with Gasteiger partial charge in [-0.3, -0.25) is 0 Å². The molecule has 1 aliphatic rings. The molecule has 0 aliphatic heterocycles. The van der Waals surface area contributed by atoms with Gasteiger partial charge < -0.3 is 10.4 Å². The lowest BCUT2D eigenvalue weighted by molar-refractivity contribution is 0.0697. The number of carbonyl (C=O) groups is 1. The Hall–Kier alpha value is -1.65. The average molecular weight is 238 g/mol. The zero-order valence-corrected chi connectivity index (χ0v) is 9.66. The number of nitrogens with one attached hydrogen (secondary N) is 1. The highest BCUT2D eigenvalue weighted by atomic mass is 19.1. The Morgan fingerprint density at radius 2 is 2.18 bits per heavy atom. The first-order valence-electron chi connectivity index (χ1n) is 5.67. The number of aromatic carboxylic acids is 1. The molecule has 0 atom stereocenters. The van der Waals surface area contributed by atoms with Crippen LogP contribution in [-0.2, 0) is 0 Å². The van der Waals surface area contributed by atoms with Gasteiger partial charge in [0.25, 0.3) is 0 Å². The van der Waals surface area contributed by atoms with Gasteiger partial charge in [-0.15, -0.1) is 0 Å². The van der Waals surface area contributed by atoms with E-state index in [0.717, 1.165) is 37.9 Å². The van der Waals surface area contributed by atoms with Gasteiger partial charge in [0.05, 0.1) is 6.20 Å². The summed E-state index contributed by atoms with van der Waals surface area (Å²) in [7, 11) is 0.